The Balaban J connectivity index is 2.65. The van der Waals surface area contributed by atoms with E-state index in [-0.39, 0.29) is 18.4 Å². The van der Waals surface area contributed by atoms with Crippen molar-refractivity contribution < 1.29 is 9.90 Å². The fourth-order valence-corrected chi connectivity index (χ4v) is 3.73. The third-order valence-electron chi connectivity index (χ3n) is 3.08. The highest BCUT2D eigenvalue weighted by atomic mass is 127. The number of hydrogen-bond donors (Lipinski definition) is 1. The molecule has 1 heterocycles. The summed E-state index contributed by atoms with van der Waals surface area (Å²) in [6.45, 7) is 6.12. The first kappa shape index (κ1) is 18.1. The van der Waals surface area contributed by atoms with Gasteiger partial charge in [0.2, 0.25) is 5.91 Å². The molecule has 0 spiro atoms. The molecule has 1 N–H and O–H groups in total. The van der Waals surface area contributed by atoms with E-state index >= 15 is 0 Å². The van der Waals surface area contributed by atoms with Crippen molar-refractivity contribution in [3.8, 4) is 0 Å². The zero-order valence-electron chi connectivity index (χ0n) is 11.9. The minimum Gasteiger partial charge on any atom is -0.388 e. The first-order valence-corrected chi connectivity index (χ1v) is 9.12. The normalized spacial score (nSPS) is 22.1. The quantitative estimate of drug-likeness (QED) is 0.416. The number of halogens is 1. The molecule has 1 fully saturated rings. The number of allylic oxidation sites excluding steroid dienone is 2. The van der Waals surface area contributed by atoms with E-state index in [0.29, 0.717) is 10.2 Å². The molecule has 1 rings (SSSR count). The summed E-state index contributed by atoms with van der Waals surface area (Å²) < 4.78 is 2.55. The van der Waals surface area contributed by atoms with Gasteiger partial charge in [-0.2, -0.15) is 0 Å². The Morgan fingerprint density at radius 2 is 2.30 bits per heavy atom. The van der Waals surface area contributed by atoms with Crippen LogP contribution < -0.4 is 0 Å². The zero-order valence-corrected chi connectivity index (χ0v) is 15.7. The second-order valence-electron chi connectivity index (χ2n) is 5.14. The third-order valence-corrected chi connectivity index (χ3v) is 5.57. The molecule has 2 atom stereocenters. The molecule has 20 heavy (non-hydrogen) atoms. The van der Waals surface area contributed by atoms with Crippen LogP contribution in [0.2, 0.25) is 0 Å². The number of carbonyl (C=O) groups is 1. The van der Waals surface area contributed by atoms with Crippen LogP contribution in [0.15, 0.2) is 21.8 Å². The van der Waals surface area contributed by atoms with Crippen LogP contribution in [0, 0.1) is 5.92 Å². The predicted molar refractivity (Wildman–Crippen MR) is 98.1 cm³/mol. The fourth-order valence-electron chi connectivity index (χ4n) is 1.86. The molecule has 1 saturated heterocycles. The van der Waals surface area contributed by atoms with Crippen LogP contribution in [0.1, 0.15) is 27.2 Å². The molecule has 1 amide bonds. The molecular formula is C14H20INO2S2. The lowest BCUT2D eigenvalue weighted by atomic mass is 10.0. The van der Waals surface area contributed by atoms with E-state index in [4.69, 9.17) is 12.2 Å². The molecule has 112 valence electrons. The largest absolute Gasteiger partial charge is 0.388 e. The monoisotopic (exact) mass is 425 g/mol. The molecule has 0 saturated carbocycles. The van der Waals surface area contributed by atoms with Gasteiger partial charge in [-0.05, 0) is 22.5 Å². The van der Waals surface area contributed by atoms with Crippen molar-refractivity contribution in [3.05, 3.63) is 21.8 Å². The van der Waals surface area contributed by atoms with Crippen molar-refractivity contribution in [1.29, 1.82) is 0 Å². The van der Waals surface area contributed by atoms with Crippen LogP contribution in [0.4, 0.5) is 0 Å². The summed E-state index contributed by atoms with van der Waals surface area (Å²) in [5, 5.41) is 9.92. The van der Waals surface area contributed by atoms with Crippen LogP contribution in [0.5, 0.6) is 0 Å². The average molecular weight is 425 g/mol. The lowest BCUT2D eigenvalue weighted by Gasteiger charge is -2.27. The molecule has 3 nitrogen and oxygen atoms in total. The smallest absolute Gasteiger partial charge is 0.231 e. The van der Waals surface area contributed by atoms with Gasteiger partial charge in [0.05, 0.1) is 12.5 Å². The topological polar surface area (TPSA) is 40.5 Å². The van der Waals surface area contributed by atoms with Crippen molar-refractivity contribution in [2.24, 2.45) is 5.92 Å². The number of nitrogens with zero attached hydrogens (tertiary/aromatic N) is 1. The van der Waals surface area contributed by atoms with Gasteiger partial charge in [-0.15, -0.1) is 0 Å². The van der Waals surface area contributed by atoms with Crippen LogP contribution >= 0.6 is 46.6 Å². The zero-order chi connectivity index (χ0) is 15.3. The van der Waals surface area contributed by atoms with E-state index in [1.165, 1.54) is 0 Å². The summed E-state index contributed by atoms with van der Waals surface area (Å²) in [5.74, 6) is 1.13. The van der Waals surface area contributed by atoms with Crippen LogP contribution in [0.3, 0.4) is 0 Å². The molecule has 0 aromatic carbocycles. The number of amides is 1. The molecule has 0 bridgehead atoms. The lowest BCUT2D eigenvalue weighted by molar-refractivity contribution is -0.130. The van der Waals surface area contributed by atoms with Gasteiger partial charge in [-0.1, -0.05) is 72.6 Å². The number of carbonyl (C=O) groups excluding carboxylic acids is 1. The summed E-state index contributed by atoms with van der Waals surface area (Å²) in [6.07, 6.45) is 2.78. The summed E-state index contributed by atoms with van der Waals surface area (Å²) in [6, 6.07) is 0.146. The van der Waals surface area contributed by atoms with Crippen molar-refractivity contribution >= 4 is 56.8 Å². The number of aliphatic hydroxyl groups excluding tert-OH is 1. The first-order valence-electron chi connectivity index (χ1n) is 6.48. The van der Waals surface area contributed by atoms with Crippen LogP contribution in [-0.4, -0.2) is 38.1 Å². The maximum Gasteiger partial charge on any atom is 0.231 e. The number of thioether (sulfide) groups is 1. The first-order chi connectivity index (χ1) is 9.36. The second kappa shape index (κ2) is 8.51. The Labute approximate surface area is 144 Å². The van der Waals surface area contributed by atoms with E-state index in [1.807, 2.05) is 17.1 Å². The standard InChI is InChI=1S/C14H20INO2S2/c1-9(2)12-8-20-14(19)16(12)13(18)6-11(17)5-4-10(3)7-15/h4-5,7,9,11-12,17H,6,8H2,1-3H3/b5-4+,10-7+/t11-,12+/m0/s1. The van der Waals surface area contributed by atoms with E-state index in [2.05, 4.69) is 36.4 Å². The number of aliphatic hydroxyl groups is 1. The highest BCUT2D eigenvalue weighted by Crippen LogP contribution is 2.29. The SMILES string of the molecule is CC(/C=C/[C@H](O)CC(=O)N1C(=S)SC[C@@H]1C(C)C)=C\I. The molecule has 0 radical (unpaired) electrons. The van der Waals surface area contributed by atoms with Crippen LogP contribution in [0.25, 0.3) is 0 Å². The second-order valence-corrected chi connectivity index (χ2v) is 7.41. The highest BCUT2D eigenvalue weighted by molar-refractivity contribution is 14.1. The summed E-state index contributed by atoms with van der Waals surface area (Å²) >= 11 is 8.93. The van der Waals surface area contributed by atoms with E-state index in [9.17, 15) is 9.90 Å². The molecule has 1 aliphatic rings. The molecule has 0 aromatic rings. The van der Waals surface area contributed by atoms with Gasteiger partial charge in [0.1, 0.15) is 4.32 Å². The van der Waals surface area contributed by atoms with Gasteiger partial charge in [0.25, 0.3) is 0 Å². The van der Waals surface area contributed by atoms with E-state index in [0.717, 1.165) is 11.3 Å². The van der Waals surface area contributed by atoms with Crippen molar-refractivity contribution in [2.45, 2.75) is 39.3 Å². The number of thiocarbonyl (C=S) groups is 1. The van der Waals surface area contributed by atoms with Gasteiger partial charge in [-0.3, -0.25) is 9.69 Å². The van der Waals surface area contributed by atoms with Crippen molar-refractivity contribution in [3.63, 3.8) is 0 Å². The van der Waals surface area contributed by atoms with Crippen LogP contribution in [-0.2, 0) is 4.79 Å². The van der Waals surface area contributed by atoms with Gasteiger partial charge in [-0.25, -0.2) is 0 Å². The molecule has 1 aliphatic heterocycles. The van der Waals surface area contributed by atoms with Gasteiger partial charge in [0.15, 0.2) is 0 Å². The van der Waals surface area contributed by atoms with Crippen molar-refractivity contribution in [2.75, 3.05) is 5.75 Å². The lowest BCUT2D eigenvalue weighted by Crippen LogP contribution is -2.42. The minimum absolute atomic E-state index is 0.0783. The maximum absolute atomic E-state index is 12.3. The average Bonchev–Trinajstić information content (AvgIpc) is 2.78. The third kappa shape index (κ3) is 5.13. The Hall–Kier alpha value is 0.0800. The maximum atomic E-state index is 12.3. The minimum atomic E-state index is -0.769. The highest BCUT2D eigenvalue weighted by Gasteiger charge is 2.35. The Kier molecular flexibility index (Phi) is 7.71. The summed E-state index contributed by atoms with van der Waals surface area (Å²) in [7, 11) is 0. The number of hydrogen-bond acceptors (Lipinski definition) is 4. The van der Waals surface area contributed by atoms with Gasteiger partial charge >= 0.3 is 0 Å². The summed E-state index contributed by atoms with van der Waals surface area (Å²) in [5.41, 5.74) is 1.05. The van der Waals surface area contributed by atoms with E-state index < -0.39 is 6.10 Å². The predicted octanol–water partition coefficient (Wildman–Crippen LogP) is 3.52. The Morgan fingerprint density at radius 1 is 1.65 bits per heavy atom. The van der Waals surface area contributed by atoms with Gasteiger partial charge < -0.3 is 5.11 Å². The molecule has 0 unspecified atom stereocenters. The molecule has 0 aliphatic carbocycles. The molecule has 6 heteroatoms. The Morgan fingerprint density at radius 3 is 2.85 bits per heavy atom. The molecular weight excluding hydrogens is 405 g/mol. The van der Waals surface area contributed by atoms with E-state index in [1.54, 1.807) is 22.7 Å². The molecule has 0 aromatic heterocycles. The Bertz CT molecular complexity index is 435. The fraction of sp³-hybridized carbons (Fsp3) is 0.571. The number of rotatable bonds is 5. The van der Waals surface area contributed by atoms with Gasteiger partial charge in [0, 0.05) is 11.8 Å². The summed E-state index contributed by atoms with van der Waals surface area (Å²) in [4.78, 5) is 14.0. The van der Waals surface area contributed by atoms with Crippen molar-refractivity contribution in [1.82, 2.24) is 4.90 Å².